The molecule has 0 spiro atoms. The normalized spacial score (nSPS) is 10.9. The van der Waals surface area contributed by atoms with Gasteiger partial charge in [-0.25, -0.2) is 9.48 Å². The van der Waals surface area contributed by atoms with Crippen LogP contribution in [-0.4, -0.2) is 32.1 Å². The van der Waals surface area contributed by atoms with Gasteiger partial charge in [0, 0.05) is 24.4 Å². The molecular weight excluding hydrogens is 385 g/mol. The van der Waals surface area contributed by atoms with E-state index < -0.39 is 5.97 Å². The van der Waals surface area contributed by atoms with E-state index >= 15 is 0 Å². The van der Waals surface area contributed by atoms with Crippen LogP contribution in [0, 0.1) is 3.70 Å². The van der Waals surface area contributed by atoms with Crippen molar-refractivity contribution in [3.8, 4) is 0 Å². The highest BCUT2D eigenvalue weighted by molar-refractivity contribution is 14.1. The van der Waals surface area contributed by atoms with Gasteiger partial charge < -0.3 is 10.5 Å². The number of ether oxygens (including phenoxy) is 1. The molecule has 2 aromatic rings. The zero-order valence-electron chi connectivity index (χ0n) is 12.3. The molecule has 0 saturated carbocycles. The van der Waals surface area contributed by atoms with E-state index in [1.807, 2.05) is 20.2 Å². The van der Waals surface area contributed by atoms with E-state index in [0.29, 0.717) is 31.1 Å². The Morgan fingerprint density at radius 2 is 2.14 bits per heavy atom. The van der Waals surface area contributed by atoms with Gasteiger partial charge in [-0.2, -0.15) is 10.2 Å². The predicted octanol–water partition coefficient (Wildman–Crippen LogP) is 1.59. The maximum absolute atomic E-state index is 11.9. The molecule has 21 heavy (non-hydrogen) atoms. The number of hydrogen-bond acceptors (Lipinski definition) is 5. The van der Waals surface area contributed by atoms with Crippen molar-refractivity contribution in [2.45, 2.75) is 26.8 Å². The molecule has 2 N–H and O–H groups in total. The largest absolute Gasteiger partial charge is 0.461 e. The fraction of sp³-hybridized carbons (Fsp3) is 0.462. The molecule has 2 heterocycles. The van der Waals surface area contributed by atoms with E-state index in [1.165, 1.54) is 0 Å². The maximum atomic E-state index is 11.9. The van der Waals surface area contributed by atoms with E-state index in [9.17, 15) is 4.79 Å². The monoisotopic (exact) mass is 403 g/mol. The maximum Gasteiger partial charge on any atom is 0.359 e. The Kier molecular flexibility index (Phi) is 4.86. The van der Waals surface area contributed by atoms with Gasteiger partial charge >= 0.3 is 5.97 Å². The number of carbonyl (C=O) groups is 1. The summed E-state index contributed by atoms with van der Waals surface area (Å²) in [4.78, 5) is 11.9. The summed E-state index contributed by atoms with van der Waals surface area (Å²) >= 11 is 2.17. The number of rotatable bonds is 5. The number of aromatic nitrogens is 4. The van der Waals surface area contributed by atoms with Crippen molar-refractivity contribution >= 4 is 34.4 Å². The first-order valence-corrected chi connectivity index (χ1v) is 7.76. The van der Waals surface area contributed by atoms with Crippen LogP contribution in [0.1, 0.15) is 35.5 Å². The van der Waals surface area contributed by atoms with Gasteiger partial charge in [-0.3, -0.25) is 4.68 Å². The molecule has 0 aromatic carbocycles. The molecule has 0 fully saturated rings. The second-order valence-corrected chi connectivity index (χ2v) is 5.58. The molecule has 2 rings (SSSR count). The molecule has 0 aliphatic heterocycles. The number of hydrogen-bond donors (Lipinski definition) is 1. The fourth-order valence-electron chi connectivity index (χ4n) is 2.12. The van der Waals surface area contributed by atoms with E-state index in [4.69, 9.17) is 10.5 Å². The molecule has 8 heteroatoms. The Morgan fingerprint density at radius 1 is 1.43 bits per heavy atom. The van der Waals surface area contributed by atoms with Gasteiger partial charge in [-0.15, -0.1) is 0 Å². The van der Waals surface area contributed by atoms with Crippen molar-refractivity contribution in [3.05, 3.63) is 26.7 Å². The third-order valence-corrected chi connectivity index (χ3v) is 4.00. The SMILES string of the molecule is CCOC(=O)c1nn(Cc2cn(C)nc2I)c(N)c1CC. The van der Waals surface area contributed by atoms with Crippen LogP contribution in [0.2, 0.25) is 0 Å². The van der Waals surface area contributed by atoms with E-state index in [1.54, 1.807) is 16.3 Å². The minimum atomic E-state index is -0.430. The van der Waals surface area contributed by atoms with Crippen LogP contribution in [0.4, 0.5) is 5.82 Å². The van der Waals surface area contributed by atoms with Crippen molar-refractivity contribution in [1.82, 2.24) is 19.6 Å². The van der Waals surface area contributed by atoms with E-state index in [2.05, 4.69) is 32.8 Å². The number of nitrogens with two attached hydrogens (primary N) is 1. The molecule has 7 nitrogen and oxygen atoms in total. The molecule has 0 aliphatic rings. The first kappa shape index (κ1) is 15.8. The number of halogens is 1. The van der Waals surface area contributed by atoms with E-state index in [-0.39, 0.29) is 0 Å². The smallest absolute Gasteiger partial charge is 0.359 e. The van der Waals surface area contributed by atoms with Gasteiger partial charge in [0.05, 0.1) is 13.2 Å². The van der Waals surface area contributed by atoms with Crippen LogP contribution in [0.15, 0.2) is 6.20 Å². The molecular formula is C13H18IN5O2. The van der Waals surface area contributed by atoms with Gasteiger partial charge in [0.15, 0.2) is 5.69 Å². The van der Waals surface area contributed by atoms with Crippen molar-refractivity contribution in [2.75, 3.05) is 12.3 Å². The summed E-state index contributed by atoms with van der Waals surface area (Å²) in [5.74, 6) is 0.0703. The quantitative estimate of drug-likeness (QED) is 0.605. The lowest BCUT2D eigenvalue weighted by Crippen LogP contribution is -2.09. The Morgan fingerprint density at radius 3 is 2.67 bits per heavy atom. The number of carbonyl (C=O) groups excluding carboxylic acids is 1. The number of aryl methyl sites for hydroxylation is 1. The molecule has 0 amide bonds. The molecule has 0 unspecified atom stereocenters. The minimum absolute atomic E-state index is 0.302. The van der Waals surface area contributed by atoms with Gasteiger partial charge in [-0.1, -0.05) is 6.92 Å². The second kappa shape index (κ2) is 6.46. The first-order chi connectivity index (χ1) is 9.97. The molecule has 0 bridgehead atoms. The second-order valence-electron chi connectivity index (χ2n) is 4.56. The lowest BCUT2D eigenvalue weighted by Gasteiger charge is -2.02. The Hall–Kier alpha value is -1.58. The van der Waals surface area contributed by atoms with E-state index in [0.717, 1.165) is 14.8 Å². The summed E-state index contributed by atoms with van der Waals surface area (Å²) < 4.78 is 9.29. The molecule has 0 radical (unpaired) electrons. The minimum Gasteiger partial charge on any atom is -0.461 e. The lowest BCUT2D eigenvalue weighted by molar-refractivity contribution is 0.0517. The zero-order valence-corrected chi connectivity index (χ0v) is 14.4. The Labute approximate surface area is 136 Å². The molecule has 0 atom stereocenters. The predicted molar refractivity (Wildman–Crippen MR) is 87.0 cm³/mol. The molecule has 2 aromatic heterocycles. The summed E-state index contributed by atoms with van der Waals surface area (Å²) in [5.41, 5.74) is 8.15. The highest BCUT2D eigenvalue weighted by atomic mass is 127. The van der Waals surface area contributed by atoms with Crippen molar-refractivity contribution in [2.24, 2.45) is 7.05 Å². The van der Waals surface area contributed by atoms with Crippen LogP contribution in [0.25, 0.3) is 0 Å². The van der Waals surface area contributed by atoms with Crippen LogP contribution in [-0.2, 0) is 24.8 Å². The third-order valence-electron chi connectivity index (χ3n) is 3.09. The van der Waals surface area contributed by atoms with Gasteiger partial charge in [-0.05, 0) is 35.9 Å². The van der Waals surface area contributed by atoms with Gasteiger partial charge in [0.2, 0.25) is 0 Å². The summed E-state index contributed by atoms with van der Waals surface area (Å²) in [5, 5.41) is 8.60. The summed E-state index contributed by atoms with van der Waals surface area (Å²) in [6, 6.07) is 0. The highest BCUT2D eigenvalue weighted by Crippen LogP contribution is 2.21. The number of anilines is 1. The summed E-state index contributed by atoms with van der Waals surface area (Å²) in [6.45, 7) is 4.50. The number of nitrogens with zero attached hydrogens (tertiary/aromatic N) is 4. The first-order valence-electron chi connectivity index (χ1n) is 6.68. The molecule has 114 valence electrons. The molecule has 0 saturated heterocycles. The number of nitrogen functional groups attached to an aromatic ring is 1. The molecule has 0 aliphatic carbocycles. The summed E-state index contributed by atoms with van der Waals surface area (Å²) in [7, 11) is 1.86. The van der Waals surface area contributed by atoms with Gasteiger partial charge in [0.25, 0.3) is 0 Å². The standard InChI is InChI=1S/C13H18IN5O2/c1-4-9-10(13(20)21-5-2)16-19(12(9)15)7-8-6-18(3)17-11(8)14/h6H,4-5,7,15H2,1-3H3. The van der Waals surface area contributed by atoms with Crippen LogP contribution < -0.4 is 5.73 Å². The zero-order chi connectivity index (χ0) is 15.6. The van der Waals surface area contributed by atoms with Crippen LogP contribution in [0.5, 0.6) is 0 Å². The fourth-order valence-corrected chi connectivity index (χ4v) is 2.77. The van der Waals surface area contributed by atoms with Crippen molar-refractivity contribution < 1.29 is 9.53 Å². The highest BCUT2D eigenvalue weighted by Gasteiger charge is 2.22. The number of esters is 1. The van der Waals surface area contributed by atoms with Crippen LogP contribution in [0.3, 0.4) is 0 Å². The Bertz CT molecular complexity index is 662. The van der Waals surface area contributed by atoms with Gasteiger partial charge in [0.1, 0.15) is 9.52 Å². The van der Waals surface area contributed by atoms with Crippen molar-refractivity contribution in [1.29, 1.82) is 0 Å². The average molecular weight is 403 g/mol. The van der Waals surface area contributed by atoms with Crippen molar-refractivity contribution in [3.63, 3.8) is 0 Å². The Balaban J connectivity index is 2.36. The topological polar surface area (TPSA) is 88.0 Å². The third kappa shape index (κ3) is 3.20. The average Bonchev–Trinajstić information content (AvgIpc) is 2.91. The van der Waals surface area contributed by atoms with Crippen LogP contribution >= 0.6 is 22.6 Å². The lowest BCUT2D eigenvalue weighted by atomic mass is 10.2. The summed E-state index contributed by atoms with van der Waals surface area (Å²) in [6.07, 6.45) is 2.54.